The first-order chi connectivity index (χ1) is 6.70. The molecule has 0 radical (unpaired) electrons. The van der Waals surface area contributed by atoms with E-state index in [1.165, 1.54) is 0 Å². The second-order valence-corrected chi connectivity index (χ2v) is 2.55. The molecule has 0 saturated carbocycles. The van der Waals surface area contributed by atoms with E-state index >= 15 is 0 Å². The minimum Gasteiger partial charge on any atom is -0.504 e. The molecule has 4 nitrogen and oxygen atoms in total. The smallest absolute Gasteiger partial charge is 0.237 e. The summed E-state index contributed by atoms with van der Waals surface area (Å²) in [5, 5.41) is 2.61. The molecule has 0 aromatic heterocycles. The zero-order valence-corrected chi connectivity index (χ0v) is 8.49. The SMILES string of the molecule is CO/C=C/C=C\C=C(/C)NC(=O)CN. The topological polar surface area (TPSA) is 64.3 Å². The van der Waals surface area contributed by atoms with Gasteiger partial charge in [-0.3, -0.25) is 4.79 Å². The Balaban J connectivity index is 3.93. The molecule has 0 bridgehead atoms. The maximum absolute atomic E-state index is 10.8. The molecule has 1 amide bonds. The van der Waals surface area contributed by atoms with Gasteiger partial charge in [0.05, 0.1) is 19.9 Å². The summed E-state index contributed by atoms with van der Waals surface area (Å²) in [5.74, 6) is -0.195. The van der Waals surface area contributed by atoms with Crippen LogP contribution in [-0.4, -0.2) is 19.6 Å². The molecule has 0 aliphatic rings. The Hall–Kier alpha value is -1.55. The Bertz CT molecular complexity index is 255. The summed E-state index contributed by atoms with van der Waals surface area (Å²) in [6.07, 6.45) is 8.66. The lowest BCUT2D eigenvalue weighted by Gasteiger charge is -2.00. The molecule has 0 heterocycles. The molecule has 0 fully saturated rings. The van der Waals surface area contributed by atoms with Gasteiger partial charge in [0, 0.05) is 5.70 Å². The largest absolute Gasteiger partial charge is 0.504 e. The van der Waals surface area contributed by atoms with E-state index in [2.05, 4.69) is 5.32 Å². The average molecular weight is 196 g/mol. The van der Waals surface area contributed by atoms with E-state index < -0.39 is 0 Å². The first-order valence-corrected chi connectivity index (χ1v) is 4.23. The molecular formula is C10H16N2O2. The summed E-state index contributed by atoms with van der Waals surface area (Å²) in [6.45, 7) is 1.79. The van der Waals surface area contributed by atoms with Crippen molar-refractivity contribution in [3.8, 4) is 0 Å². The fourth-order valence-electron chi connectivity index (χ4n) is 0.701. The van der Waals surface area contributed by atoms with Crippen molar-refractivity contribution in [3.63, 3.8) is 0 Å². The van der Waals surface area contributed by atoms with Crippen LogP contribution >= 0.6 is 0 Å². The summed E-state index contributed by atoms with van der Waals surface area (Å²) < 4.78 is 4.69. The van der Waals surface area contributed by atoms with Crippen molar-refractivity contribution in [3.05, 3.63) is 36.3 Å². The number of hydrogen-bond donors (Lipinski definition) is 2. The minimum atomic E-state index is -0.195. The van der Waals surface area contributed by atoms with E-state index in [9.17, 15) is 4.79 Å². The van der Waals surface area contributed by atoms with Gasteiger partial charge in [0.25, 0.3) is 0 Å². The number of rotatable bonds is 5. The molecule has 0 aromatic carbocycles. The highest BCUT2D eigenvalue weighted by molar-refractivity contribution is 5.79. The van der Waals surface area contributed by atoms with Gasteiger partial charge < -0.3 is 15.8 Å². The number of nitrogens with two attached hydrogens (primary N) is 1. The number of nitrogens with one attached hydrogen (secondary N) is 1. The van der Waals surface area contributed by atoms with E-state index in [1.807, 2.05) is 0 Å². The quantitative estimate of drug-likeness (QED) is 0.502. The lowest BCUT2D eigenvalue weighted by atomic mass is 10.4. The maximum Gasteiger partial charge on any atom is 0.237 e. The highest BCUT2D eigenvalue weighted by Crippen LogP contribution is 1.88. The Morgan fingerprint density at radius 3 is 2.71 bits per heavy atom. The van der Waals surface area contributed by atoms with Gasteiger partial charge in [0.15, 0.2) is 0 Å². The molecule has 0 spiro atoms. The lowest BCUT2D eigenvalue weighted by molar-refractivity contribution is -0.119. The highest BCUT2D eigenvalue weighted by Gasteiger charge is 1.94. The summed E-state index contributed by atoms with van der Waals surface area (Å²) in [6, 6.07) is 0. The monoisotopic (exact) mass is 196 g/mol. The Morgan fingerprint density at radius 1 is 1.43 bits per heavy atom. The third kappa shape index (κ3) is 7.12. The van der Waals surface area contributed by atoms with Crippen LogP contribution in [0.25, 0.3) is 0 Å². The predicted molar refractivity (Wildman–Crippen MR) is 56.2 cm³/mol. The average Bonchev–Trinajstić information content (AvgIpc) is 2.17. The summed E-state index contributed by atoms with van der Waals surface area (Å²) in [5.41, 5.74) is 5.88. The second kappa shape index (κ2) is 8.07. The summed E-state index contributed by atoms with van der Waals surface area (Å²) in [7, 11) is 1.58. The number of carbonyl (C=O) groups excluding carboxylic acids is 1. The third-order valence-electron chi connectivity index (χ3n) is 1.31. The van der Waals surface area contributed by atoms with Crippen LogP contribution in [0, 0.1) is 0 Å². The van der Waals surface area contributed by atoms with Gasteiger partial charge in [0.1, 0.15) is 0 Å². The van der Waals surface area contributed by atoms with Crippen LogP contribution in [0.1, 0.15) is 6.92 Å². The molecule has 14 heavy (non-hydrogen) atoms. The first kappa shape index (κ1) is 12.4. The molecule has 0 rings (SSSR count). The van der Waals surface area contributed by atoms with E-state index in [4.69, 9.17) is 10.5 Å². The molecule has 3 N–H and O–H groups in total. The molecule has 0 aliphatic carbocycles. The van der Waals surface area contributed by atoms with E-state index in [0.29, 0.717) is 0 Å². The molecule has 0 unspecified atom stereocenters. The van der Waals surface area contributed by atoms with Crippen molar-refractivity contribution >= 4 is 5.91 Å². The van der Waals surface area contributed by atoms with Gasteiger partial charge in [0.2, 0.25) is 5.91 Å². The Labute approximate surface area is 84.1 Å². The normalized spacial score (nSPS) is 12.4. The first-order valence-electron chi connectivity index (χ1n) is 4.23. The van der Waals surface area contributed by atoms with Crippen molar-refractivity contribution < 1.29 is 9.53 Å². The standard InChI is InChI=1S/C10H16N2O2/c1-9(12-10(13)8-11)6-4-3-5-7-14-2/h3-7H,8,11H2,1-2H3,(H,12,13)/b4-3-,7-5+,9-6+. The molecule has 0 atom stereocenters. The van der Waals surface area contributed by atoms with Crippen molar-refractivity contribution in [1.82, 2.24) is 5.32 Å². The van der Waals surface area contributed by atoms with Crippen LogP contribution in [0.3, 0.4) is 0 Å². The number of amides is 1. The molecule has 0 aromatic rings. The molecule has 0 saturated heterocycles. The summed E-state index contributed by atoms with van der Waals surface area (Å²) in [4.78, 5) is 10.8. The van der Waals surface area contributed by atoms with Crippen LogP contribution in [0.5, 0.6) is 0 Å². The zero-order valence-electron chi connectivity index (χ0n) is 8.49. The second-order valence-electron chi connectivity index (χ2n) is 2.55. The Morgan fingerprint density at radius 2 is 2.14 bits per heavy atom. The minimum absolute atomic E-state index is 0.00152. The fourth-order valence-corrected chi connectivity index (χ4v) is 0.701. The predicted octanol–water partition coefficient (Wildman–Crippen LogP) is 0.681. The van der Waals surface area contributed by atoms with Crippen LogP contribution < -0.4 is 11.1 Å². The van der Waals surface area contributed by atoms with Crippen LogP contribution in [0.15, 0.2) is 36.3 Å². The summed E-state index contributed by atoms with van der Waals surface area (Å²) >= 11 is 0. The van der Waals surface area contributed by atoms with E-state index in [-0.39, 0.29) is 12.5 Å². The van der Waals surface area contributed by atoms with Crippen molar-refractivity contribution in [2.75, 3.05) is 13.7 Å². The van der Waals surface area contributed by atoms with Crippen molar-refractivity contribution in [2.24, 2.45) is 5.73 Å². The lowest BCUT2D eigenvalue weighted by Crippen LogP contribution is -2.28. The Kier molecular flexibility index (Phi) is 7.17. The van der Waals surface area contributed by atoms with Gasteiger partial charge in [-0.25, -0.2) is 0 Å². The van der Waals surface area contributed by atoms with Crippen LogP contribution in [0.2, 0.25) is 0 Å². The van der Waals surface area contributed by atoms with Crippen molar-refractivity contribution in [2.45, 2.75) is 6.92 Å². The van der Waals surface area contributed by atoms with Gasteiger partial charge in [-0.05, 0) is 19.1 Å². The number of carbonyl (C=O) groups is 1. The van der Waals surface area contributed by atoms with Gasteiger partial charge in [-0.1, -0.05) is 12.2 Å². The fraction of sp³-hybridized carbons (Fsp3) is 0.300. The molecule has 0 aliphatic heterocycles. The highest BCUT2D eigenvalue weighted by atomic mass is 16.5. The van der Waals surface area contributed by atoms with Crippen LogP contribution in [-0.2, 0) is 9.53 Å². The van der Waals surface area contributed by atoms with Gasteiger partial charge in [-0.15, -0.1) is 0 Å². The van der Waals surface area contributed by atoms with Gasteiger partial charge >= 0.3 is 0 Å². The van der Waals surface area contributed by atoms with Gasteiger partial charge in [-0.2, -0.15) is 0 Å². The third-order valence-corrected chi connectivity index (χ3v) is 1.31. The molecule has 78 valence electrons. The van der Waals surface area contributed by atoms with E-state index in [0.717, 1.165) is 5.70 Å². The van der Waals surface area contributed by atoms with E-state index in [1.54, 1.807) is 44.6 Å². The number of allylic oxidation sites excluding steroid dienone is 5. The van der Waals surface area contributed by atoms with Crippen molar-refractivity contribution in [1.29, 1.82) is 0 Å². The number of ether oxygens (including phenoxy) is 1. The maximum atomic E-state index is 10.8. The zero-order chi connectivity index (χ0) is 10.8. The molecular weight excluding hydrogens is 180 g/mol. The number of methoxy groups -OCH3 is 1. The number of hydrogen-bond acceptors (Lipinski definition) is 3. The van der Waals surface area contributed by atoms with Crippen LogP contribution in [0.4, 0.5) is 0 Å². The molecule has 4 heteroatoms.